The average molecular weight is 313 g/mol. The van der Waals surface area contributed by atoms with E-state index in [0.29, 0.717) is 11.1 Å². The van der Waals surface area contributed by atoms with Crippen molar-refractivity contribution in [3.05, 3.63) is 28.7 Å². The molecule has 2 rings (SSSR count). The molecular formula is C12H13BrN2OS. The first-order chi connectivity index (χ1) is 8.29. The Morgan fingerprint density at radius 3 is 3.00 bits per heavy atom. The van der Waals surface area contributed by atoms with Gasteiger partial charge >= 0.3 is 0 Å². The van der Waals surface area contributed by atoms with Crippen molar-refractivity contribution in [3.63, 3.8) is 0 Å². The van der Waals surface area contributed by atoms with Crippen molar-refractivity contribution < 1.29 is 4.42 Å². The van der Waals surface area contributed by atoms with Crippen molar-refractivity contribution in [3.8, 4) is 11.5 Å². The molecule has 2 aromatic rings. The molecule has 0 N–H and O–H groups in total. The van der Waals surface area contributed by atoms with Crippen LogP contribution >= 0.6 is 27.7 Å². The molecule has 0 aliphatic heterocycles. The van der Waals surface area contributed by atoms with E-state index < -0.39 is 0 Å². The summed E-state index contributed by atoms with van der Waals surface area (Å²) in [5, 5.41) is 8.72. The molecule has 0 spiro atoms. The lowest BCUT2D eigenvalue weighted by atomic mass is 10.2. The SMILES string of the molecule is CCCCSc1nnc(-c2cccc(Br)c2)o1. The minimum absolute atomic E-state index is 0.574. The van der Waals surface area contributed by atoms with Gasteiger partial charge in [0.05, 0.1) is 0 Å². The largest absolute Gasteiger partial charge is 0.411 e. The fourth-order valence-corrected chi connectivity index (χ4v) is 2.55. The van der Waals surface area contributed by atoms with Gasteiger partial charge in [0.15, 0.2) is 0 Å². The highest BCUT2D eigenvalue weighted by molar-refractivity contribution is 9.10. The van der Waals surface area contributed by atoms with Crippen LogP contribution in [-0.2, 0) is 0 Å². The Labute approximate surface area is 113 Å². The maximum Gasteiger partial charge on any atom is 0.276 e. The third-order valence-corrected chi connectivity index (χ3v) is 3.60. The fraction of sp³-hybridized carbons (Fsp3) is 0.333. The summed E-state index contributed by atoms with van der Waals surface area (Å²) < 4.78 is 6.60. The van der Waals surface area contributed by atoms with Crippen molar-refractivity contribution in [2.24, 2.45) is 0 Å². The van der Waals surface area contributed by atoms with Crippen LogP contribution in [0.15, 0.2) is 38.4 Å². The summed E-state index contributed by atoms with van der Waals surface area (Å²) in [7, 11) is 0. The molecule has 0 bridgehead atoms. The smallest absolute Gasteiger partial charge is 0.276 e. The van der Waals surface area contributed by atoms with Gasteiger partial charge in [-0.1, -0.05) is 47.1 Å². The number of rotatable bonds is 5. The van der Waals surface area contributed by atoms with E-state index in [1.165, 1.54) is 12.8 Å². The summed E-state index contributed by atoms with van der Waals surface area (Å²) in [4.78, 5) is 0. The summed E-state index contributed by atoms with van der Waals surface area (Å²) in [6.45, 7) is 2.17. The van der Waals surface area contributed by atoms with Crippen molar-refractivity contribution >= 4 is 27.7 Å². The first-order valence-electron chi connectivity index (χ1n) is 5.52. The molecule has 1 heterocycles. The molecule has 0 saturated heterocycles. The van der Waals surface area contributed by atoms with Gasteiger partial charge in [-0.3, -0.25) is 0 Å². The Hall–Kier alpha value is -0.810. The number of nitrogens with zero attached hydrogens (tertiary/aromatic N) is 2. The summed E-state index contributed by atoms with van der Waals surface area (Å²) in [5.41, 5.74) is 0.939. The highest BCUT2D eigenvalue weighted by Gasteiger charge is 2.08. The highest BCUT2D eigenvalue weighted by Crippen LogP contribution is 2.25. The number of benzene rings is 1. The van der Waals surface area contributed by atoms with Crippen LogP contribution in [0.25, 0.3) is 11.5 Å². The molecule has 0 aliphatic rings. The Bertz CT molecular complexity index is 487. The van der Waals surface area contributed by atoms with Gasteiger partial charge in [-0.25, -0.2) is 0 Å². The number of hydrogen-bond acceptors (Lipinski definition) is 4. The summed E-state index contributed by atoms with van der Waals surface area (Å²) in [5.74, 6) is 1.60. The zero-order valence-corrected chi connectivity index (χ0v) is 11.9. The van der Waals surface area contributed by atoms with E-state index in [1.807, 2.05) is 24.3 Å². The van der Waals surface area contributed by atoms with Crippen molar-refractivity contribution in [1.82, 2.24) is 10.2 Å². The predicted molar refractivity (Wildman–Crippen MR) is 73.1 cm³/mol. The Balaban J connectivity index is 2.07. The van der Waals surface area contributed by atoms with Crippen LogP contribution in [0.5, 0.6) is 0 Å². The van der Waals surface area contributed by atoms with Gasteiger partial charge in [0, 0.05) is 15.8 Å². The van der Waals surface area contributed by atoms with E-state index in [2.05, 4.69) is 33.1 Å². The monoisotopic (exact) mass is 312 g/mol. The number of thioether (sulfide) groups is 1. The molecule has 0 aliphatic carbocycles. The summed E-state index contributed by atoms with van der Waals surface area (Å²) in [6, 6.07) is 7.84. The van der Waals surface area contributed by atoms with Crippen LogP contribution in [0.4, 0.5) is 0 Å². The van der Waals surface area contributed by atoms with E-state index >= 15 is 0 Å². The maximum absolute atomic E-state index is 5.59. The van der Waals surface area contributed by atoms with Crippen LogP contribution < -0.4 is 0 Å². The molecule has 0 fully saturated rings. The third-order valence-electron chi connectivity index (χ3n) is 2.20. The lowest BCUT2D eigenvalue weighted by molar-refractivity contribution is 0.465. The quantitative estimate of drug-likeness (QED) is 0.606. The van der Waals surface area contributed by atoms with Crippen molar-refractivity contribution in [2.45, 2.75) is 25.0 Å². The van der Waals surface area contributed by atoms with Gasteiger partial charge in [-0.15, -0.1) is 10.2 Å². The Kier molecular flexibility index (Phi) is 4.62. The third kappa shape index (κ3) is 3.57. The van der Waals surface area contributed by atoms with Crippen LogP contribution in [0.3, 0.4) is 0 Å². The van der Waals surface area contributed by atoms with Crippen LogP contribution in [0.1, 0.15) is 19.8 Å². The van der Waals surface area contributed by atoms with E-state index in [-0.39, 0.29) is 0 Å². The minimum Gasteiger partial charge on any atom is -0.411 e. The van der Waals surface area contributed by atoms with Crippen LogP contribution in [0.2, 0.25) is 0 Å². The molecule has 90 valence electrons. The summed E-state index contributed by atoms with van der Waals surface area (Å²) in [6.07, 6.45) is 2.35. The molecule has 5 heteroatoms. The second kappa shape index (κ2) is 6.21. The normalized spacial score (nSPS) is 10.7. The maximum atomic E-state index is 5.59. The van der Waals surface area contributed by atoms with Crippen molar-refractivity contribution in [1.29, 1.82) is 0 Å². The fourth-order valence-electron chi connectivity index (χ4n) is 1.31. The van der Waals surface area contributed by atoms with Gasteiger partial charge < -0.3 is 4.42 Å². The Morgan fingerprint density at radius 1 is 1.35 bits per heavy atom. The van der Waals surface area contributed by atoms with Gasteiger partial charge in [-0.05, 0) is 24.6 Å². The van der Waals surface area contributed by atoms with Gasteiger partial charge in [0.2, 0.25) is 5.89 Å². The van der Waals surface area contributed by atoms with Gasteiger partial charge in [-0.2, -0.15) is 0 Å². The molecule has 0 radical (unpaired) electrons. The van der Waals surface area contributed by atoms with Gasteiger partial charge in [0.25, 0.3) is 5.22 Å². The molecule has 0 saturated carbocycles. The first kappa shape index (κ1) is 12.6. The molecular weight excluding hydrogens is 300 g/mol. The van der Waals surface area contributed by atoms with Crippen LogP contribution in [0, 0.1) is 0 Å². The molecule has 1 aromatic heterocycles. The first-order valence-corrected chi connectivity index (χ1v) is 7.29. The second-order valence-electron chi connectivity index (χ2n) is 3.59. The molecule has 1 aromatic carbocycles. The number of hydrogen-bond donors (Lipinski definition) is 0. The van der Waals surface area contributed by atoms with Crippen molar-refractivity contribution in [2.75, 3.05) is 5.75 Å². The zero-order valence-electron chi connectivity index (χ0n) is 9.52. The van der Waals surface area contributed by atoms with E-state index in [0.717, 1.165) is 15.8 Å². The van der Waals surface area contributed by atoms with Crippen LogP contribution in [-0.4, -0.2) is 16.0 Å². The van der Waals surface area contributed by atoms with E-state index in [9.17, 15) is 0 Å². The topological polar surface area (TPSA) is 38.9 Å². The molecule has 17 heavy (non-hydrogen) atoms. The Morgan fingerprint density at radius 2 is 2.24 bits per heavy atom. The standard InChI is InChI=1S/C12H13BrN2OS/c1-2-3-7-17-12-15-14-11(16-12)9-5-4-6-10(13)8-9/h4-6,8H,2-3,7H2,1H3. The predicted octanol–water partition coefficient (Wildman–Crippen LogP) is 4.39. The zero-order chi connectivity index (χ0) is 12.1. The highest BCUT2D eigenvalue weighted by atomic mass is 79.9. The molecule has 0 amide bonds. The number of halogens is 1. The number of unbranched alkanes of at least 4 members (excludes halogenated alkanes) is 1. The lowest BCUT2D eigenvalue weighted by Gasteiger charge is -1.95. The average Bonchev–Trinajstić information content (AvgIpc) is 2.78. The minimum atomic E-state index is 0.574. The lowest BCUT2D eigenvalue weighted by Crippen LogP contribution is -1.77. The second-order valence-corrected chi connectivity index (χ2v) is 5.55. The van der Waals surface area contributed by atoms with E-state index in [4.69, 9.17) is 4.42 Å². The molecule has 0 unspecified atom stereocenters. The van der Waals surface area contributed by atoms with Gasteiger partial charge in [0.1, 0.15) is 0 Å². The molecule has 0 atom stereocenters. The number of aromatic nitrogens is 2. The van der Waals surface area contributed by atoms with E-state index in [1.54, 1.807) is 11.8 Å². The summed E-state index contributed by atoms with van der Waals surface area (Å²) >= 11 is 5.04. The molecule has 3 nitrogen and oxygen atoms in total.